The van der Waals surface area contributed by atoms with Gasteiger partial charge in [-0.05, 0) is 29.8 Å². The Morgan fingerprint density at radius 1 is 1.08 bits per heavy atom. The molecule has 3 amide bonds. The largest absolute Gasteiger partial charge is 0.352 e. The van der Waals surface area contributed by atoms with Gasteiger partial charge < -0.3 is 16.4 Å². The van der Waals surface area contributed by atoms with Crippen LogP contribution in [0.4, 0.5) is 19.3 Å². The molecule has 0 bridgehead atoms. The highest BCUT2D eigenvalue weighted by Crippen LogP contribution is 2.21. The molecular weight excluding hydrogens is 384 g/mol. The lowest BCUT2D eigenvalue weighted by atomic mass is 10.0. The van der Waals surface area contributed by atoms with Crippen LogP contribution in [-0.2, 0) is 4.79 Å². The topological polar surface area (TPSA) is 84.2 Å². The quantitative estimate of drug-likeness (QED) is 0.721. The number of nitrogens with two attached hydrogens (primary N) is 1. The van der Waals surface area contributed by atoms with Crippen molar-refractivity contribution in [1.29, 1.82) is 0 Å². The van der Waals surface area contributed by atoms with E-state index in [0.29, 0.717) is 11.6 Å². The minimum absolute atomic E-state index is 0.00821. The second kappa shape index (κ2) is 7.87. The van der Waals surface area contributed by atoms with Crippen molar-refractivity contribution in [2.45, 2.75) is 12.5 Å². The summed E-state index contributed by atoms with van der Waals surface area (Å²) in [6.45, 7) is 0. The van der Waals surface area contributed by atoms with Crippen molar-refractivity contribution in [1.82, 2.24) is 5.32 Å². The predicted molar refractivity (Wildman–Crippen MR) is 89.2 cm³/mol. The predicted octanol–water partition coefficient (Wildman–Crippen LogP) is 3.47. The van der Waals surface area contributed by atoms with Crippen molar-refractivity contribution in [2.24, 2.45) is 5.73 Å². The normalized spacial score (nSPS) is 11.6. The Hall–Kier alpha value is -2.48. The van der Waals surface area contributed by atoms with E-state index in [4.69, 9.17) is 5.73 Å². The third kappa shape index (κ3) is 5.31. The van der Waals surface area contributed by atoms with Crippen LogP contribution in [0.1, 0.15) is 18.0 Å². The number of hydrogen-bond acceptors (Lipinski definition) is 2. The number of nitrogens with one attached hydrogen (secondary N) is 2. The number of amides is 3. The van der Waals surface area contributed by atoms with Crippen LogP contribution in [0.25, 0.3) is 0 Å². The summed E-state index contributed by atoms with van der Waals surface area (Å²) in [5.74, 6) is -2.13. The number of anilines is 1. The molecule has 0 saturated carbocycles. The van der Waals surface area contributed by atoms with Crippen LogP contribution >= 0.6 is 15.9 Å². The van der Waals surface area contributed by atoms with Crippen LogP contribution in [0.2, 0.25) is 0 Å². The zero-order valence-corrected chi connectivity index (χ0v) is 13.9. The SMILES string of the molecule is NC(=O)N[C@H](CC(=O)Nc1cc(F)cc(F)c1)c1ccc(Br)cc1. The van der Waals surface area contributed by atoms with Gasteiger partial charge in [0.2, 0.25) is 5.91 Å². The van der Waals surface area contributed by atoms with Crippen molar-refractivity contribution < 1.29 is 18.4 Å². The highest BCUT2D eigenvalue weighted by molar-refractivity contribution is 9.10. The summed E-state index contributed by atoms with van der Waals surface area (Å²) in [5, 5.41) is 4.86. The molecule has 1 atom stereocenters. The molecule has 0 saturated heterocycles. The number of urea groups is 1. The molecule has 2 rings (SSSR count). The van der Waals surface area contributed by atoms with Crippen molar-refractivity contribution in [3.05, 3.63) is 64.1 Å². The van der Waals surface area contributed by atoms with Crippen LogP contribution in [-0.4, -0.2) is 11.9 Å². The first-order chi connectivity index (χ1) is 11.3. The number of halogens is 3. The Balaban J connectivity index is 2.11. The Morgan fingerprint density at radius 2 is 1.67 bits per heavy atom. The van der Waals surface area contributed by atoms with Crippen LogP contribution in [0.5, 0.6) is 0 Å². The maximum atomic E-state index is 13.1. The lowest BCUT2D eigenvalue weighted by Gasteiger charge is -2.18. The van der Waals surface area contributed by atoms with Crippen LogP contribution in [0, 0.1) is 11.6 Å². The molecule has 0 aromatic heterocycles. The monoisotopic (exact) mass is 397 g/mol. The molecular formula is C16H14BrF2N3O2. The number of primary amides is 1. The molecule has 8 heteroatoms. The molecule has 24 heavy (non-hydrogen) atoms. The van der Waals surface area contributed by atoms with Gasteiger partial charge in [0.25, 0.3) is 0 Å². The second-order valence-electron chi connectivity index (χ2n) is 5.02. The van der Waals surface area contributed by atoms with Gasteiger partial charge in [-0.2, -0.15) is 0 Å². The highest BCUT2D eigenvalue weighted by atomic mass is 79.9. The Kier molecular flexibility index (Phi) is 5.86. The summed E-state index contributed by atoms with van der Waals surface area (Å²) in [7, 11) is 0. The van der Waals surface area contributed by atoms with E-state index in [1.807, 2.05) is 0 Å². The maximum Gasteiger partial charge on any atom is 0.312 e. The molecule has 126 valence electrons. The third-order valence-corrected chi connectivity index (χ3v) is 3.65. The first-order valence-electron chi connectivity index (χ1n) is 6.91. The van der Waals surface area contributed by atoms with Gasteiger partial charge in [0, 0.05) is 16.2 Å². The minimum atomic E-state index is -0.801. The summed E-state index contributed by atoms with van der Waals surface area (Å²) < 4.78 is 27.1. The van der Waals surface area contributed by atoms with E-state index in [9.17, 15) is 18.4 Å². The molecule has 0 radical (unpaired) electrons. The molecule has 0 aliphatic carbocycles. The first-order valence-corrected chi connectivity index (χ1v) is 7.70. The number of rotatable bonds is 5. The molecule has 4 N–H and O–H groups in total. The lowest BCUT2D eigenvalue weighted by molar-refractivity contribution is -0.116. The molecule has 5 nitrogen and oxygen atoms in total. The van der Waals surface area contributed by atoms with E-state index >= 15 is 0 Å². The van der Waals surface area contributed by atoms with Crippen LogP contribution in [0.3, 0.4) is 0 Å². The van der Waals surface area contributed by atoms with E-state index in [0.717, 1.165) is 16.6 Å². The molecule has 0 aliphatic rings. The Labute approximate surface area is 145 Å². The molecule has 2 aromatic carbocycles. The molecule has 0 aliphatic heterocycles. The summed E-state index contributed by atoms with van der Waals surface area (Å²) in [6.07, 6.45) is -0.150. The van der Waals surface area contributed by atoms with E-state index in [1.54, 1.807) is 24.3 Å². The minimum Gasteiger partial charge on any atom is -0.352 e. The number of hydrogen-bond donors (Lipinski definition) is 3. The van der Waals surface area contributed by atoms with Gasteiger partial charge in [0.05, 0.1) is 12.5 Å². The number of carbonyl (C=O) groups excluding carboxylic acids is 2. The van der Waals surface area contributed by atoms with Gasteiger partial charge in [-0.25, -0.2) is 13.6 Å². The summed E-state index contributed by atoms with van der Waals surface area (Å²) in [5.41, 5.74) is 5.79. The standard InChI is InChI=1S/C16H14BrF2N3O2/c17-10-3-1-9(2-4-10)14(22-16(20)24)8-15(23)21-13-6-11(18)5-12(19)7-13/h1-7,14H,8H2,(H,21,23)(H3,20,22,24)/t14-/m1/s1. The Morgan fingerprint density at radius 3 is 2.21 bits per heavy atom. The third-order valence-electron chi connectivity index (χ3n) is 3.12. The van der Waals surface area contributed by atoms with E-state index < -0.39 is 29.6 Å². The summed E-state index contributed by atoms with van der Waals surface area (Å²) in [6, 6.07) is 8.19. The van der Waals surface area contributed by atoms with E-state index in [2.05, 4.69) is 26.6 Å². The summed E-state index contributed by atoms with van der Waals surface area (Å²) in [4.78, 5) is 23.3. The average Bonchev–Trinajstić information content (AvgIpc) is 2.45. The second-order valence-corrected chi connectivity index (χ2v) is 5.94. The molecule has 0 unspecified atom stereocenters. The number of carbonyl (C=O) groups is 2. The van der Waals surface area contributed by atoms with Crippen molar-refractivity contribution in [3.63, 3.8) is 0 Å². The lowest BCUT2D eigenvalue weighted by Crippen LogP contribution is -2.35. The van der Waals surface area contributed by atoms with Crippen LogP contribution in [0.15, 0.2) is 46.9 Å². The Bertz CT molecular complexity index is 733. The molecule has 0 heterocycles. The van der Waals surface area contributed by atoms with Gasteiger partial charge in [-0.1, -0.05) is 28.1 Å². The average molecular weight is 398 g/mol. The fourth-order valence-electron chi connectivity index (χ4n) is 2.14. The highest BCUT2D eigenvalue weighted by Gasteiger charge is 2.18. The fourth-order valence-corrected chi connectivity index (χ4v) is 2.41. The zero-order chi connectivity index (χ0) is 17.7. The van der Waals surface area contributed by atoms with Gasteiger partial charge in [0.1, 0.15) is 11.6 Å². The molecule has 2 aromatic rings. The van der Waals surface area contributed by atoms with Gasteiger partial charge in [0.15, 0.2) is 0 Å². The van der Waals surface area contributed by atoms with Crippen LogP contribution < -0.4 is 16.4 Å². The van der Waals surface area contributed by atoms with E-state index in [-0.39, 0.29) is 12.1 Å². The van der Waals surface area contributed by atoms with Gasteiger partial charge in [-0.15, -0.1) is 0 Å². The van der Waals surface area contributed by atoms with Crippen molar-refractivity contribution in [3.8, 4) is 0 Å². The summed E-state index contributed by atoms with van der Waals surface area (Å²) >= 11 is 3.29. The van der Waals surface area contributed by atoms with Crippen molar-refractivity contribution >= 4 is 33.6 Å². The zero-order valence-electron chi connectivity index (χ0n) is 12.4. The molecule has 0 spiro atoms. The van der Waals surface area contributed by atoms with Crippen molar-refractivity contribution in [2.75, 3.05) is 5.32 Å². The number of benzene rings is 2. The smallest absolute Gasteiger partial charge is 0.312 e. The molecule has 0 fully saturated rings. The van der Waals surface area contributed by atoms with Gasteiger partial charge >= 0.3 is 6.03 Å². The van der Waals surface area contributed by atoms with Gasteiger partial charge in [-0.3, -0.25) is 4.79 Å². The fraction of sp³-hybridized carbons (Fsp3) is 0.125. The van der Waals surface area contributed by atoms with E-state index in [1.165, 1.54) is 0 Å². The maximum absolute atomic E-state index is 13.1. The first kappa shape index (κ1) is 17.9.